The smallest absolute Gasteiger partial charge is 0.410 e. The summed E-state index contributed by atoms with van der Waals surface area (Å²) in [4.78, 5) is 119. The molecule has 32 heteroatoms. The van der Waals surface area contributed by atoms with Gasteiger partial charge in [0.25, 0.3) is 29.5 Å². The molecule has 4 heterocycles. The summed E-state index contributed by atoms with van der Waals surface area (Å²) in [7, 11) is 0. The molecule has 7 aromatic rings. The summed E-state index contributed by atoms with van der Waals surface area (Å²) in [5.74, 6) is -6.42. The van der Waals surface area contributed by atoms with Crippen molar-refractivity contribution in [3.8, 4) is 0 Å². The number of carbonyl (C=O) groups excluding carboxylic acids is 8. The number of carbonyl (C=O) groups is 8. The SMILES string of the molecule is CC(C)(C)OC(=O)N1CCN(Cc2ccccc2)C[C@@H]1[C@@H](O)C(Cc1cc(F)cc(F)c1)NC(N)=O.CCCN(CCC)C(=O)c1cc(C)cc(C(=O)N[C@@H](Cc2cc(F)cc(F)c2)[C@H](O)[C@H]2CN(C(=O)c3cccnc3)CCN2)c1.CCCN(CCC)C(=O)c1cc(C)cc(C(=O)N[C@@H](Cc2cc(F)cc(F)c2)[C@H](O)[C@H]2CNCCN2C(=O)OC(C)(C)C)c1. The summed E-state index contributed by atoms with van der Waals surface area (Å²) in [6.45, 7) is 27.9. The first-order valence-corrected chi connectivity index (χ1v) is 42.5. The Hall–Kier alpha value is -11.0. The molecule has 0 radical (unpaired) electrons. The first-order chi connectivity index (χ1) is 59.2. The lowest BCUT2D eigenvalue weighted by Crippen LogP contribution is -2.64. The van der Waals surface area contributed by atoms with Gasteiger partial charge in [-0.15, -0.1) is 0 Å². The number of nitrogens with one attached hydrogen (secondary N) is 5. The van der Waals surface area contributed by atoms with Gasteiger partial charge in [0.1, 0.15) is 46.1 Å². The van der Waals surface area contributed by atoms with Crippen molar-refractivity contribution in [3.63, 3.8) is 0 Å². The van der Waals surface area contributed by atoms with Gasteiger partial charge >= 0.3 is 18.2 Å². The maximum absolute atomic E-state index is 14.1. The number of aliphatic hydroxyl groups is 3. The Labute approximate surface area is 728 Å². The lowest BCUT2D eigenvalue weighted by Gasteiger charge is -2.45. The fourth-order valence-corrected chi connectivity index (χ4v) is 15.5. The quantitative estimate of drug-likeness (QED) is 0.0189. The van der Waals surface area contributed by atoms with Crippen molar-refractivity contribution in [2.45, 2.75) is 200 Å². The minimum absolute atomic E-state index is 0.0886. The third kappa shape index (κ3) is 30.7. The highest BCUT2D eigenvalue weighted by atomic mass is 19.2. The second-order valence-electron chi connectivity index (χ2n) is 33.9. The van der Waals surface area contributed by atoms with Crippen molar-refractivity contribution in [2.75, 3.05) is 85.1 Å². The Kier molecular flexibility index (Phi) is 37.2. The maximum Gasteiger partial charge on any atom is 0.410 e. The van der Waals surface area contributed by atoms with Crippen LogP contribution in [0.1, 0.15) is 180 Å². The Morgan fingerprint density at radius 3 is 1.34 bits per heavy atom. The van der Waals surface area contributed by atoms with Gasteiger partial charge in [0.05, 0.1) is 60.1 Å². The van der Waals surface area contributed by atoms with E-state index in [2.05, 4.69) is 36.5 Å². The molecule has 1 unspecified atom stereocenters. The highest BCUT2D eigenvalue weighted by Crippen LogP contribution is 2.27. The molecule has 1 aromatic heterocycles. The molecule has 0 aliphatic carbocycles. The molecule has 678 valence electrons. The van der Waals surface area contributed by atoms with E-state index in [9.17, 15) is 80.0 Å². The second kappa shape index (κ2) is 46.8. The van der Waals surface area contributed by atoms with Gasteiger partial charge in [0.2, 0.25) is 0 Å². The summed E-state index contributed by atoms with van der Waals surface area (Å²) >= 11 is 0. The van der Waals surface area contributed by atoms with Crippen LogP contribution in [0.3, 0.4) is 0 Å². The first-order valence-electron chi connectivity index (χ1n) is 42.5. The van der Waals surface area contributed by atoms with Crippen LogP contribution in [0.5, 0.6) is 0 Å². The number of rotatable bonds is 30. The van der Waals surface area contributed by atoms with E-state index in [0.717, 1.165) is 85.8 Å². The van der Waals surface area contributed by atoms with Gasteiger partial charge in [-0.05, 0) is 219 Å². The molecular formula is C93H121F6N13O13. The lowest BCUT2D eigenvalue weighted by molar-refractivity contribution is -0.0409. The number of pyridine rings is 1. The van der Waals surface area contributed by atoms with Crippen LogP contribution in [0.15, 0.2) is 146 Å². The number of primary amides is 1. The molecule has 3 fully saturated rings. The number of benzene rings is 6. The summed E-state index contributed by atoms with van der Waals surface area (Å²) in [6, 6.07) is 25.7. The lowest BCUT2D eigenvalue weighted by atomic mass is 9.93. The number of ether oxygens (including phenoxy) is 2. The van der Waals surface area contributed by atoms with Gasteiger partial charge in [-0.2, -0.15) is 0 Å². The normalized spacial score (nSPS) is 17.0. The van der Waals surface area contributed by atoms with E-state index in [4.69, 9.17) is 15.2 Å². The Balaban J connectivity index is 0.000000234. The largest absolute Gasteiger partial charge is 0.444 e. The highest BCUT2D eigenvalue weighted by molar-refractivity contribution is 6.01. The van der Waals surface area contributed by atoms with Crippen LogP contribution in [0.2, 0.25) is 0 Å². The molecule has 9 atom stereocenters. The zero-order valence-electron chi connectivity index (χ0n) is 73.3. The summed E-state index contributed by atoms with van der Waals surface area (Å²) in [6.07, 6.45) is 0.793. The number of aryl methyl sites for hydroxylation is 2. The van der Waals surface area contributed by atoms with Gasteiger partial charge in [0.15, 0.2) is 0 Å². The number of urea groups is 1. The molecule has 10 rings (SSSR count). The predicted molar refractivity (Wildman–Crippen MR) is 463 cm³/mol. The number of hydrogen-bond acceptors (Lipinski definition) is 17. The number of piperazine rings is 3. The van der Waals surface area contributed by atoms with E-state index >= 15 is 0 Å². The van der Waals surface area contributed by atoms with Gasteiger partial charge in [-0.1, -0.05) is 58.0 Å². The predicted octanol–water partition coefficient (Wildman–Crippen LogP) is 11.2. The van der Waals surface area contributed by atoms with Crippen molar-refractivity contribution in [3.05, 3.63) is 242 Å². The number of amides is 9. The van der Waals surface area contributed by atoms with Crippen LogP contribution in [0.4, 0.5) is 40.7 Å². The molecular weight excluding hydrogens is 1620 g/mol. The van der Waals surface area contributed by atoms with Gasteiger partial charge in [-0.25, -0.2) is 40.7 Å². The fraction of sp³-hybridized carbons (Fsp3) is 0.473. The van der Waals surface area contributed by atoms with Crippen molar-refractivity contribution >= 4 is 47.8 Å². The Bertz CT molecular complexity index is 4710. The van der Waals surface area contributed by atoms with E-state index in [-0.39, 0.29) is 97.5 Å². The highest BCUT2D eigenvalue weighted by Gasteiger charge is 2.43. The van der Waals surface area contributed by atoms with E-state index in [0.29, 0.717) is 86.7 Å². The first kappa shape index (κ1) is 99.4. The standard InChI is InChI=1S/C34H41F2N5O4.C33H46F2N4O5.C26H34F2N4O4/c1-4-10-40(11-5-2)34(45)26-14-22(3)13-25(18-26)32(43)39-29(17-23-15-27(35)19-28(36)16-23)31(42)30-21-41(12-9-38-30)33(44)24-7-6-8-37-20-24;1-7-10-38(11-8-2)31(42)24-14-21(3)13-23(18-24)30(41)37-27(17-22-15-25(34)19-26(35)16-22)29(40)28-20-36-9-12-39(28)32(43)44-33(4,5)6;1-26(2,3)36-25(35)32-10-9-31(15-17-7-5-4-6-8-17)16-22(32)23(33)21(30-24(29)34)13-18-11-19(27)14-20(28)12-18/h6-8,13-16,18-20,29-31,38,42H,4-5,9-12,17,21H2,1-3H3,(H,39,43);13-16,18-19,27-29,36,40H,7-12,17,20H2,1-6H3,(H,37,41);4-8,11-12,14,21-23,33H,9-10,13,15-16H2,1-3H3,(H3,29,30,34)/t29-,30+,31-;27-,28+,29-;21?,22-,23+/m001/s1. The van der Waals surface area contributed by atoms with E-state index in [1.807, 2.05) is 58.0 Å². The molecule has 0 bridgehead atoms. The zero-order chi connectivity index (χ0) is 91.6. The maximum atomic E-state index is 14.1. The monoisotopic (exact) mass is 1740 g/mol. The van der Waals surface area contributed by atoms with E-state index < -0.39 is 131 Å². The molecule has 9 amide bonds. The van der Waals surface area contributed by atoms with Crippen LogP contribution in [0, 0.1) is 48.8 Å². The number of nitrogens with zero attached hydrogens (tertiary/aromatic N) is 7. The fourth-order valence-electron chi connectivity index (χ4n) is 15.5. The Morgan fingerprint density at radius 1 is 0.496 bits per heavy atom. The van der Waals surface area contributed by atoms with Crippen molar-refractivity contribution < 1.29 is 89.5 Å². The summed E-state index contributed by atoms with van der Waals surface area (Å²) in [5.41, 5.74) is 8.58. The molecule has 0 spiro atoms. The third-order valence-corrected chi connectivity index (χ3v) is 20.9. The average molecular weight is 1740 g/mol. The van der Waals surface area contributed by atoms with Crippen molar-refractivity contribution in [1.82, 2.24) is 61.0 Å². The zero-order valence-corrected chi connectivity index (χ0v) is 73.3. The topological polar surface area (TPSA) is 334 Å². The number of aliphatic hydroxyl groups excluding tert-OH is 3. The third-order valence-electron chi connectivity index (χ3n) is 20.9. The molecule has 3 saturated heterocycles. The van der Waals surface area contributed by atoms with Crippen LogP contribution < -0.4 is 32.3 Å². The average Bonchev–Trinajstić information content (AvgIpc) is 0.808. The molecule has 26 nitrogen and oxygen atoms in total. The molecule has 6 aromatic carbocycles. The molecule has 125 heavy (non-hydrogen) atoms. The minimum atomic E-state index is -1.35. The molecule has 3 aliphatic heterocycles. The van der Waals surface area contributed by atoms with E-state index in [1.165, 1.54) is 28.1 Å². The molecule has 0 saturated carbocycles. The van der Waals surface area contributed by atoms with E-state index in [1.54, 1.807) is 113 Å². The van der Waals surface area contributed by atoms with Crippen LogP contribution in [-0.4, -0.2) is 248 Å². The van der Waals surface area contributed by atoms with Crippen LogP contribution >= 0.6 is 0 Å². The number of halogens is 6. The van der Waals surface area contributed by atoms with Gasteiger partial charge in [-0.3, -0.25) is 43.7 Å². The van der Waals surface area contributed by atoms with Crippen molar-refractivity contribution in [1.29, 1.82) is 0 Å². The summed E-state index contributed by atoms with van der Waals surface area (Å²) in [5, 5.41) is 49.3. The second-order valence-corrected chi connectivity index (χ2v) is 33.9. The van der Waals surface area contributed by atoms with Gasteiger partial charge < -0.3 is 71.8 Å². The van der Waals surface area contributed by atoms with Crippen molar-refractivity contribution in [2.24, 2.45) is 5.73 Å². The van der Waals surface area contributed by atoms with Gasteiger partial charge in [0, 0.05) is 144 Å². The number of hydrogen-bond donors (Lipinski definition) is 9. The summed E-state index contributed by atoms with van der Waals surface area (Å²) < 4.78 is 95.2. The number of nitrogens with two attached hydrogens (primary N) is 1. The van der Waals surface area contributed by atoms with Crippen LogP contribution in [0.25, 0.3) is 0 Å². The minimum Gasteiger partial charge on any atom is -0.444 e. The number of aromatic nitrogens is 1. The molecule has 3 aliphatic rings. The van der Waals surface area contributed by atoms with Crippen LogP contribution in [-0.2, 0) is 35.3 Å². The Morgan fingerprint density at radius 2 is 0.920 bits per heavy atom. The molecule has 10 N–H and O–H groups in total.